The van der Waals surface area contributed by atoms with Gasteiger partial charge < -0.3 is 9.57 Å². The summed E-state index contributed by atoms with van der Waals surface area (Å²) in [7, 11) is 0. The molecule has 0 aliphatic heterocycles. The van der Waals surface area contributed by atoms with E-state index in [-0.39, 0.29) is 0 Å². The number of hydrogen-bond donors (Lipinski definition) is 0. The van der Waals surface area contributed by atoms with Gasteiger partial charge in [0.25, 0.3) is 5.88 Å². The van der Waals surface area contributed by atoms with E-state index in [1.54, 1.807) is 36.5 Å². The standard InChI is InChI=1S/C31H21Cl3N4O2/c32-23-8-7-22(29(34)17-23)19-39-27-13-5-21(6-14-27)4-10-26(12-11-25-3-1-2-16-35-25)38-40-31-28-15-9-24(33)18-30(28)36-20-37-31/h1-18,20H,19H2/b10-4+,12-11+,38-26-. The Balaban J connectivity index is 1.32. The number of nitrogens with zero attached hydrogens (tertiary/aromatic N) is 4. The Bertz CT molecular complexity index is 1710. The van der Waals surface area contributed by atoms with E-state index in [1.165, 1.54) is 6.33 Å². The fourth-order valence-electron chi connectivity index (χ4n) is 3.59. The maximum atomic E-state index is 6.24. The molecule has 3 aromatic carbocycles. The first kappa shape index (κ1) is 27.3. The summed E-state index contributed by atoms with van der Waals surface area (Å²) in [4.78, 5) is 18.5. The van der Waals surface area contributed by atoms with Crippen molar-refractivity contribution in [2.24, 2.45) is 5.16 Å². The van der Waals surface area contributed by atoms with Crippen LogP contribution in [0.4, 0.5) is 0 Å². The highest BCUT2D eigenvalue weighted by Crippen LogP contribution is 2.25. The molecule has 6 nitrogen and oxygen atoms in total. The monoisotopic (exact) mass is 586 g/mol. The highest BCUT2D eigenvalue weighted by molar-refractivity contribution is 6.35. The van der Waals surface area contributed by atoms with Gasteiger partial charge in [-0.15, -0.1) is 0 Å². The molecule has 2 heterocycles. The Morgan fingerprint density at radius 2 is 1.60 bits per heavy atom. The Kier molecular flexibility index (Phi) is 9.04. The number of oxime groups is 1. The van der Waals surface area contributed by atoms with Crippen LogP contribution in [-0.4, -0.2) is 20.7 Å². The minimum absolute atomic E-state index is 0.320. The Labute approximate surface area is 246 Å². The molecule has 0 atom stereocenters. The third-order valence-electron chi connectivity index (χ3n) is 5.65. The van der Waals surface area contributed by atoms with E-state index in [1.807, 2.05) is 72.8 Å². The lowest BCUT2D eigenvalue weighted by Gasteiger charge is -2.08. The van der Waals surface area contributed by atoms with Gasteiger partial charge in [0, 0.05) is 26.8 Å². The average molecular weight is 588 g/mol. The van der Waals surface area contributed by atoms with Crippen molar-refractivity contribution in [2.45, 2.75) is 6.61 Å². The zero-order valence-electron chi connectivity index (χ0n) is 20.9. The van der Waals surface area contributed by atoms with Crippen LogP contribution in [0.2, 0.25) is 15.1 Å². The molecule has 0 saturated carbocycles. The van der Waals surface area contributed by atoms with Crippen molar-refractivity contribution in [2.75, 3.05) is 0 Å². The predicted molar refractivity (Wildman–Crippen MR) is 162 cm³/mol. The van der Waals surface area contributed by atoms with Gasteiger partial charge in [0.15, 0.2) is 0 Å². The summed E-state index contributed by atoms with van der Waals surface area (Å²) in [5, 5.41) is 6.77. The number of benzene rings is 3. The van der Waals surface area contributed by atoms with Crippen molar-refractivity contribution in [1.29, 1.82) is 0 Å². The molecule has 0 bridgehead atoms. The molecule has 2 aromatic heterocycles. The van der Waals surface area contributed by atoms with Gasteiger partial charge in [-0.3, -0.25) is 4.98 Å². The summed E-state index contributed by atoms with van der Waals surface area (Å²) in [6, 6.07) is 24.0. The summed E-state index contributed by atoms with van der Waals surface area (Å²) < 4.78 is 5.88. The quantitative estimate of drug-likeness (QED) is 0.127. The smallest absolute Gasteiger partial charge is 0.259 e. The maximum Gasteiger partial charge on any atom is 0.259 e. The Morgan fingerprint density at radius 3 is 2.40 bits per heavy atom. The van der Waals surface area contributed by atoms with E-state index in [0.717, 1.165) is 16.8 Å². The van der Waals surface area contributed by atoms with Gasteiger partial charge in [-0.2, -0.15) is 4.98 Å². The molecule has 5 aromatic rings. The molecule has 0 aliphatic carbocycles. The number of halogens is 3. The van der Waals surface area contributed by atoms with Gasteiger partial charge >= 0.3 is 0 Å². The van der Waals surface area contributed by atoms with Crippen molar-refractivity contribution < 1.29 is 9.57 Å². The maximum absolute atomic E-state index is 6.24. The van der Waals surface area contributed by atoms with Crippen LogP contribution in [-0.2, 0) is 6.61 Å². The molecule has 5 rings (SSSR count). The molecular formula is C31H21Cl3N4O2. The van der Waals surface area contributed by atoms with Crippen LogP contribution in [0.3, 0.4) is 0 Å². The largest absolute Gasteiger partial charge is 0.489 e. The number of aromatic nitrogens is 3. The number of pyridine rings is 1. The van der Waals surface area contributed by atoms with Crippen LogP contribution in [0, 0.1) is 0 Å². The molecule has 9 heteroatoms. The number of ether oxygens (including phenoxy) is 1. The molecule has 0 aliphatic rings. The molecule has 0 fully saturated rings. The summed E-state index contributed by atoms with van der Waals surface area (Å²) in [5.41, 5.74) is 3.79. The molecule has 0 N–H and O–H groups in total. The van der Waals surface area contributed by atoms with Gasteiger partial charge in [0.2, 0.25) is 0 Å². The van der Waals surface area contributed by atoms with Gasteiger partial charge in [0.1, 0.15) is 24.4 Å². The topological polar surface area (TPSA) is 69.5 Å². The van der Waals surface area contributed by atoms with Gasteiger partial charge in [-0.25, -0.2) is 4.98 Å². The van der Waals surface area contributed by atoms with Crippen LogP contribution in [0.15, 0.2) is 109 Å². The van der Waals surface area contributed by atoms with Crippen molar-refractivity contribution in [3.05, 3.63) is 135 Å². The lowest BCUT2D eigenvalue weighted by Crippen LogP contribution is -1.97. The number of allylic oxidation sites excluding steroid dienone is 2. The fraction of sp³-hybridized carbons (Fsp3) is 0.0323. The van der Waals surface area contributed by atoms with Crippen LogP contribution in [0.1, 0.15) is 16.8 Å². The second-order valence-electron chi connectivity index (χ2n) is 8.46. The molecule has 0 amide bonds. The number of rotatable bonds is 9. The number of hydrogen-bond acceptors (Lipinski definition) is 6. The van der Waals surface area contributed by atoms with Gasteiger partial charge in [-0.1, -0.05) is 70.3 Å². The second kappa shape index (κ2) is 13.2. The van der Waals surface area contributed by atoms with Crippen molar-refractivity contribution >= 4 is 63.6 Å². The minimum atomic E-state index is 0.320. The fourth-order valence-corrected chi connectivity index (χ4v) is 4.22. The van der Waals surface area contributed by atoms with E-state index in [9.17, 15) is 0 Å². The second-order valence-corrected chi connectivity index (χ2v) is 9.74. The zero-order chi connectivity index (χ0) is 27.7. The van der Waals surface area contributed by atoms with E-state index >= 15 is 0 Å². The normalized spacial score (nSPS) is 11.9. The lowest BCUT2D eigenvalue weighted by atomic mass is 10.1. The van der Waals surface area contributed by atoms with Crippen LogP contribution < -0.4 is 9.57 Å². The van der Waals surface area contributed by atoms with Crippen molar-refractivity contribution in [1.82, 2.24) is 15.0 Å². The molecule has 0 saturated heterocycles. The first-order valence-electron chi connectivity index (χ1n) is 12.1. The third-order valence-corrected chi connectivity index (χ3v) is 6.47. The van der Waals surface area contributed by atoms with Crippen molar-refractivity contribution in [3.8, 4) is 11.6 Å². The third kappa shape index (κ3) is 7.45. The average Bonchev–Trinajstić information content (AvgIpc) is 2.97. The summed E-state index contributed by atoms with van der Waals surface area (Å²) in [5.74, 6) is 1.03. The zero-order valence-corrected chi connectivity index (χ0v) is 23.2. The Hall–Kier alpha value is -4.23. The number of fused-ring (bicyclic) bond motifs is 1. The summed E-state index contributed by atoms with van der Waals surface area (Å²) >= 11 is 18.3. The first-order valence-corrected chi connectivity index (χ1v) is 13.3. The SMILES string of the molecule is Clc1ccc(COc2ccc(/C=C/C(/C=C/c3ccccn3)=N/Oc3ncnc4cc(Cl)ccc34)cc2)c(Cl)c1. The van der Waals surface area contributed by atoms with Crippen LogP contribution in [0.25, 0.3) is 23.1 Å². The summed E-state index contributed by atoms with van der Waals surface area (Å²) in [6.45, 7) is 0.335. The van der Waals surface area contributed by atoms with E-state index in [4.69, 9.17) is 44.4 Å². The molecule has 40 heavy (non-hydrogen) atoms. The highest BCUT2D eigenvalue weighted by Gasteiger charge is 2.06. The molecule has 0 radical (unpaired) electrons. The van der Waals surface area contributed by atoms with Crippen molar-refractivity contribution in [3.63, 3.8) is 0 Å². The Morgan fingerprint density at radius 1 is 0.800 bits per heavy atom. The minimum Gasteiger partial charge on any atom is -0.489 e. The lowest BCUT2D eigenvalue weighted by molar-refractivity contribution is 0.306. The molecule has 0 spiro atoms. The first-order chi connectivity index (χ1) is 19.5. The van der Waals surface area contributed by atoms with Gasteiger partial charge in [-0.05, 0) is 78.4 Å². The summed E-state index contributed by atoms with van der Waals surface area (Å²) in [6.07, 6.45) is 10.6. The van der Waals surface area contributed by atoms with Gasteiger partial charge in [0.05, 0.1) is 16.6 Å². The van der Waals surface area contributed by atoms with Crippen LogP contribution >= 0.6 is 34.8 Å². The van der Waals surface area contributed by atoms with E-state index < -0.39 is 0 Å². The van der Waals surface area contributed by atoms with Crippen LogP contribution in [0.5, 0.6) is 11.6 Å². The predicted octanol–water partition coefficient (Wildman–Crippen LogP) is 8.73. The van der Waals surface area contributed by atoms with E-state index in [0.29, 0.717) is 49.9 Å². The molecule has 198 valence electrons. The molecular weight excluding hydrogens is 567 g/mol. The highest BCUT2D eigenvalue weighted by atomic mass is 35.5. The van der Waals surface area contributed by atoms with E-state index in [2.05, 4.69) is 20.1 Å². The molecule has 0 unspecified atom stereocenters.